The van der Waals surface area contributed by atoms with E-state index < -0.39 is 23.5 Å². The van der Waals surface area contributed by atoms with Gasteiger partial charge < -0.3 is 10.6 Å². The first kappa shape index (κ1) is 21.9. The molecule has 0 saturated heterocycles. The molecular weight excluding hydrogens is 440 g/mol. The van der Waals surface area contributed by atoms with Crippen molar-refractivity contribution in [3.8, 4) is 5.69 Å². The number of tetrazole rings is 1. The first-order chi connectivity index (χ1) is 15.8. The fraction of sp³-hybridized carbons (Fsp3) is 0.0909. The van der Waals surface area contributed by atoms with Gasteiger partial charge >= 0.3 is 6.18 Å². The number of nitrogens with zero attached hydrogens (tertiary/aromatic N) is 4. The summed E-state index contributed by atoms with van der Waals surface area (Å²) < 4.78 is 55.5. The zero-order valence-electron chi connectivity index (χ0n) is 16.8. The van der Waals surface area contributed by atoms with E-state index in [-0.39, 0.29) is 23.5 Å². The second kappa shape index (κ2) is 9.07. The number of rotatable bonds is 6. The molecule has 0 aliphatic carbocycles. The molecule has 0 fully saturated rings. The van der Waals surface area contributed by atoms with Gasteiger partial charge in [0.25, 0.3) is 5.91 Å². The molecule has 0 atom stereocenters. The summed E-state index contributed by atoms with van der Waals surface area (Å²) in [6.45, 7) is -0.0771. The van der Waals surface area contributed by atoms with Crippen molar-refractivity contribution in [1.29, 1.82) is 0 Å². The number of halogens is 4. The molecule has 1 amide bonds. The third kappa shape index (κ3) is 5.14. The number of aromatic nitrogens is 4. The second-order valence-corrected chi connectivity index (χ2v) is 6.92. The van der Waals surface area contributed by atoms with Gasteiger partial charge in [-0.25, -0.2) is 4.39 Å². The number of para-hydroxylation sites is 1. The number of hydrogen-bond acceptors (Lipinski definition) is 5. The van der Waals surface area contributed by atoms with E-state index in [1.54, 1.807) is 24.3 Å². The van der Waals surface area contributed by atoms with Crippen LogP contribution in [0.1, 0.15) is 21.7 Å². The Hall–Kier alpha value is -4.28. The second-order valence-electron chi connectivity index (χ2n) is 6.92. The van der Waals surface area contributed by atoms with Gasteiger partial charge in [-0.05, 0) is 65.0 Å². The normalized spacial score (nSPS) is 11.3. The fourth-order valence-electron chi connectivity index (χ4n) is 3.08. The van der Waals surface area contributed by atoms with Crippen molar-refractivity contribution in [3.63, 3.8) is 0 Å². The summed E-state index contributed by atoms with van der Waals surface area (Å²) in [7, 11) is 0. The molecule has 4 rings (SSSR count). The topological polar surface area (TPSA) is 84.7 Å². The Bertz CT molecular complexity index is 1260. The van der Waals surface area contributed by atoms with Gasteiger partial charge in [-0.2, -0.15) is 17.9 Å². The van der Waals surface area contributed by atoms with Gasteiger partial charge in [-0.3, -0.25) is 4.79 Å². The highest BCUT2D eigenvalue weighted by Crippen LogP contribution is 2.37. The van der Waals surface area contributed by atoms with Crippen LogP contribution in [0.5, 0.6) is 0 Å². The van der Waals surface area contributed by atoms with Crippen LogP contribution in [-0.2, 0) is 12.7 Å². The van der Waals surface area contributed by atoms with Gasteiger partial charge in [-0.15, -0.1) is 5.10 Å². The smallest absolute Gasteiger partial charge is 0.377 e. The minimum absolute atomic E-state index is 0.0590. The molecule has 2 N–H and O–H groups in total. The Morgan fingerprint density at radius 1 is 0.970 bits per heavy atom. The molecule has 0 unspecified atom stereocenters. The molecule has 0 spiro atoms. The monoisotopic (exact) mass is 456 g/mol. The lowest BCUT2D eigenvalue weighted by Gasteiger charge is -2.16. The van der Waals surface area contributed by atoms with E-state index in [0.717, 1.165) is 18.2 Å². The third-order valence-electron chi connectivity index (χ3n) is 4.66. The van der Waals surface area contributed by atoms with Gasteiger partial charge in [-0.1, -0.05) is 18.2 Å². The number of anilines is 2. The molecule has 0 aliphatic rings. The van der Waals surface area contributed by atoms with E-state index in [0.29, 0.717) is 11.5 Å². The van der Waals surface area contributed by atoms with Crippen molar-refractivity contribution in [1.82, 2.24) is 20.2 Å². The molecule has 33 heavy (non-hydrogen) atoms. The summed E-state index contributed by atoms with van der Waals surface area (Å²) in [5.41, 5.74) is -0.464. The van der Waals surface area contributed by atoms with E-state index in [4.69, 9.17) is 0 Å². The van der Waals surface area contributed by atoms with Crippen LogP contribution in [0.4, 0.5) is 28.9 Å². The van der Waals surface area contributed by atoms with Crippen molar-refractivity contribution in [2.45, 2.75) is 12.7 Å². The van der Waals surface area contributed by atoms with E-state index in [2.05, 4.69) is 26.2 Å². The molecule has 1 heterocycles. The first-order valence-corrected chi connectivity index (χ1v) is 9.66. The van der Waals surface area contributed by atoms with Gasteiger partial charge in [0.1, 0.15) is 5.82 Å². The third-order valence-corrected chi connectivity index (χ3v) is 4.66. The highest BCUT2D eigenvalue weighted by molar-refractivity contribution is 6.04. The average Bonchev–Trinajstić information content (AvgIpc) is 3.27. The van der Waals surface area contributed by atoms with Gasteiger partial charge in [0.15, 0.2) is 5.82 Å². The molecule has 0 bridgehead atoms. The minimum atomic E-state index is -4.69. The maximum Gasteiger partial charge on any atom is 0.418 e. The number of nitrogens with one attached hydrogen (secondary N) is 2. The number of amides is 1. The summed E-state index contributed by atoms with van der Waals surface area (Å²) in [4.78, 5) is 12.3. The highest BCUT2D eigenvalue weighted by atomic mass is 19.4. The van der Waals surface area contributed by atoms with E-state index in [1.165, 1.54) is 28.9 Å². The summed E-state index contributed by atoms with van der Waals surface area (Å²) in [6.07, 6.45) is -4.69. The molecule has 3 aromatic carbocycles. The molecule has 11 heteroatoms. The average molecular weight is 456 g/mol. The zero-order valence-corrected chi connectivity index (χ0v) is 16.8. The number of hydrogen-bond donors (Lipinski definition) is 2. The van der Waals surface area contributed by atoms with Crippen molar-refractivity contribution >= 4 is 17.3 Å². The molecule has 1 aromatic heterocycles. The summed E-state index contributed by atoms with van der Waals surface area (Å²) >= 11 is 0. The van der Waals surface area contributed by atoms with Crippen LogP contribution in [0.25, 0.3) is 5.69 Å². The standard InChI is InChI=1S/C22H16F4N6O/c23-15-8-6-14(7-9-15)21(33)28-16-10-11-19(18(12-16)22(24,25)26)27-13-20-29-30-31-32(20)17-4-2-1-3-5-17/h1-12,27H,13H2,(H,28,33). The lowest BCUT2D eigenvalue weighted by atomic mass is 10.1. The SMILES string of the molecule is O=C(Nc1ccc(NCc2nnnn2-c2ccccc2)c(C(F)(F)F)c1)c1ccc(F)cc1. The Morgan fingerprint density at radius 3 is 2.39 bits per heavy atom. The van der Waals surface area contributed by atoms with Gasteiger partial charge in [0, 0.05) is 16.9 Å². The molecule has 4 aromatic rings. The molecule has 168 valence electrons. The fourth-order valence-corrected chi connectivity index (χ4v) is 3.08. The van der Waals surface area contributed by atoms with Crippen molar-refractivity contribution in [2.24, 2.45) is 0 Å². The number of carbonyl (C=O) groups excluding carboxylic acids is 1. The van der Waals surface area contributed by atoms with E-state index in [9.17, 15) is 22.4 Å². The molecule has 7 nitrogen and oxygen atoms in total. The number of benzene rings is 3. The van der Waals surface area contributed by atoms with Crippen LogP contribution < -0.4 is 10.6 Å². The highest BCUT2D eigenvalue weighted by Gasteiger charge is 2.34. The first-order valence-electron chi connectivity index (χ1n) is 9.66. The largest absolute Gasteiger partial charge is 0.418 e. The van der Waals surface area contributed by atoms with Crippen LogP contribution in [0.2, 0.25) is 0 Å². The molecule has 0 radical (unpaired) electrons. The Labute approximate surface area is 185 Å². The quantitative estimate of drug-likeness (QED) is 0.412. The van der Waals surface area contributed by atoms with Crippen molar-refractivity contribution < 1.29 is 22.4 Å². The van der Waals surface area contributed by atoms with Crippen LogP contribution in [0, 0.1) is 5.82 Å². The zero-order chi connectivity index (χ0) is 23.4. The van der Waals surface area contributed by atoms with E-state index >= 15 is 0 Å². The van der Waals surface area contributed by atoms with Crippen molar-refractivity contribution in [3.05, 3.63) is 95.6 Å². The lowest BCUT2D eigenvalue weighted by Crippen LogP contribution is -2.16. The predicted octanol–water partition coefficient (Wildman–Crippen LogP) is 4.68. The molecule has 0 saturated carbocycles. The van der Waals surface area contributed by atoms with Crippen LogP contribution in [0.15, 0.2) is 72.8 Å². The minimum Gasteiger partial charge on any atom is -0.377 e. The predicted molar refractivity (Wildman–Crippen MR) is 112 cm³/mol. The van der Waals surface area contributed by atoms with Gasteiger partial charge in [0.05, 0.1) is 17.8 Å². The number of alkyl halides is 3. The molecular formula is C22H16F4N6O. The summed E-state index contributed by atoms with van der Waals surface area (Å²) in [5, 5.41) is 16.4. The van der Waals surface area contributed by atoms with Crippen LogP contribution >= 0.6 is 0 Å². The van der Waals surface area contributed by atoms with Crippen LogP contribution in [-0.4, -0.2) is 26.1 Å². The van der Waals surface area contributed by atoms with E-state index in [1.807, 2.05) is 6.07 Å². The molecule has 0 aliphatic heterocycles. The Kier molecular flexibility index (Phi) is 6.03. The van der Waals surface area contributed by atoms with Crippen LogP contribution in [0.3, 0.4) is 0 Å². The Balaban J connectivity index is 1.54. The van der Waals surface area contributed by atoms with Gasteiger partial charge in [0.2, 0.25) is 0 Å². The summed E-state index contributed by atoms with van der Waals surface area (Å²) in [6, 6.07) is 16.9. The van der Waals surface area contributed by atoms with Crippen molar-refractivity contribution in [2.75, 3.05) is 10.6 Å². The number of carbonyl (C=O) groups is 1. The maximum atomic E-state index is 13.7. The maximum absolute atomic E-state index is 13.7. The Morgan fingerprint density at radius 2 is 1.70 bits per heavy atom. The summed E-state index contributed by atoms with van der Waals surface area (Å²) in [5.74, 6) is -0.881. The lowest BCUT2D eigenvalue weighted by molar-refractivity contribution is -0.136.